The van der Waals surface area contributed by atoms with Gasteiger partial charge in [-0.25, -0.2) is 13.1 Å². The van der Waals surface area contributed by atoms with Crippen molar-refractivity contribution in [2.75, 3.05) is 11.5 Å². The molecular weight excluding hydrogens is 318 g/mol. The van der Waals surface area contributed by atoms with Crippen molar-refractivity contribution in [2.45, 2.75) is 18.9 Å². The van der Waals surface area contributed by atoms with Gasteiger partial charge in [0.15, 0.2) is 21.3 Å². The number of aromatic hydroxyl groups is 1. The number of amides is 1. The monoisotopic (exact) mass is 335 g/mol. The number of carbonyl (C=O) groups excluding carboxylic acids is 1. The summed E-state index contributed by atoms with van der Waals surface area (Å²) in [5.74, 6) is -0.896. The second-order valence-corrected chi connectivity index (χ2v) is 8.18. The lowest BCUT2D eigenvalue weighted by Gasteiger charge is -2.23. The Labute approximate surface area is 133 Å². The van der Waals surface area contributed by atoms with Crippen molar-refractivity contribution in [2.24, 2.45) is 0 Å². The van der Waals surface area contributed by atoms with E-state index in [0.717, 1.165) is 0 Å². The molecule has 0 unspecified atom stereocenters. The lowest BCUT2D eigenvalue weighted by Crippen LogP contribution is -2.47. The van der Waals surface area contributed by atoms with Crippen LogP contribution >= 0.6 is 0 Å². The van der Waals surface area contributed by atoms with Gasteiger partial charge in [0.05, 0.1) is 28.9 Å². The minimum atomic E-state index is -3.13. The van der Waals surface area contributed by atoms with Gasteiger partial charge in [0.1, 0.15) is 0 Å². The van der Waals surface area contributed by atoms with E-state index < -0.39 is 21.3 Å². The normalized spacial score (nSPS) is 22.8. The number of sulfone groups is 1. The summed E-state index contributed by atoms with van der Waals surface area (Å²) in [6.07, 6.45) is 1.69. The molecule has 1 atom stereocenters. The van der Waals surface area contributed by atoms with Gasteiger partial charge in [-0.3, -0.25) is 4.79 Å². The van der Waals surface area contributed by atoms with Crippen LogP contribution in [0.1, 0.15) is 23.8 Å². The number of para-hydroxylation sites is 1. The van der Waals surface area contributed by atoms with Gasteiger partial charge in [-0.2, -0.15) is 5.10 Å². The molecule has 0 radical (unpaired) electrons. The highest BCUT2D eigenvalue weighted by molar-refractivity contribution is 7.91. The lowest BCUT2D eigenvalue weighted by atomic mass is 10.0. The predicted molar refractivity (Wildman–Crippen MR) is 84.4 cm³/mol. The summed E-state index contributed by atoms with van der Waals surface area (Å²) < 4.78 is 24.6. The van der Waals surface area contributed by atoms with Crippen LogP contribution in [-0.2, 0) is 9.84 Å². The Balaban J connectivity index is 1.82. The summed E-state index contributed by atoms with van der Waals surface area (Å²) in [6.45, 7) is 1.68. The van der Waals surface area contributed by atoms with E-state index in [1.165, 1.54) is 10.9 Å². The molecule has 0 aliphatic carbocycles. The van der Waals surface area contributed by atoms with E-state index in [9.17, 15) is 18.3 Å². The van der Waals surface area contributed by atoms with Crippen LogP contribution in [-0.4, -0.2) is 46.3 Å². The maximum Gasteiger partial charge on any atom is 0.276 e. The Morgan fingerprint density at radius 3 is 2.65 bits per heavy atom. The lowest BCUT2D eigenvalue weighted by molar-refractivity contribution is 0.0907. The van der Waals surface area contributed by atoms with Crippen LogP contribution in [0.5, 0.6) is 5.75 Å². The van der Waals surface area contributed by atoms with Crippen molar-refractivity contribution in [1.29, 1.82) is 0 Å². The van der Waals surface area contributed by atoms with Crippen LogP contribution in [0.3, 0.4) is 0 Å². The fourth-order valence-corrected chi connectivity index (χ4v) is 4.77. The third-order valence-corrected chi connectivity index (χ3v) is 5.75. The predicted octanol–water partition coefficient (Wildman–Crippen LogP) is 0.885. The van der Waals surface area contributed by atoms with Crippen molar-refractivity contribution in [1.82, 2.24) is 15.1 Å². The number of hydrogen-bond acceptors (Lipinski definition) is 5. The van der Waals surface area contributed by atoms with E-state index in [4.69, 9.17) is 0 Å². The molecule has 1 fully saturated rings. The fourth-order valence-electron chi connectivity index (χ4n) is 2.68. The Morgan fingerprint density at radius 2 is 2.04 bits per heavy atom. The van der Waals surface area contributed by atoms with Crippen LogP contribution in [0, 0.1) is 0 Å². The molecule has 2 N–H and O–H groups in total. The molecule has 0 spiro atoms. The molecule has 1 aromatic carbocycles. The maximum atomic E-state index is 12.3. The zero-order valence-electron chi connectivity index (χ0n) is 12.6. The van der Waals surface area contributed by atoms with Crippen LogP contribution < -0.4 is 5.32 Å². The van der Waals surface area contributed by atoms with E-state index in [2.05, 4.69) is 10.4 Å². The number of carbonyl (C=O) groups is 1. The van der Waals surface area contributed by atoms with Gasteiger partial charge in [0.2, 0.25) is 0 Å². The first kappa shape index (κ1) is 15.5. The SMILES string of the molecule is C[C@]1(NC(=O)c2nn(-c3ccccc3)cc2O)CCS(=O)(=O)C1. The average molecular weight is 335 g/mol. The molecule has 1 aliphatic rings. The van der Waals surface area contributed by atoms with Crippen molar-refractivity contribution >= 4 is 15.7 Å². The van der Waals surface area contributed by atoms with Crippen LogP contribution in [0.2, 0.25) is 0 Å². The Kier molecular flexibility index (Phi) is 3.63. The van der Waals surface area contributed by atoms with Gasteiger partial charge < -0.3 is 10.4 Å². The van der Waals surface area contributed by atoms with E-state index in [0.29, 0.717) is 12.1 Å². The van der Waals surface area contributed by atoms with Gasteiger partial charge in [0, 0.05) is 0 Å². The number of rotatable bonds is 3. The Morgan fingerprint density at radius 1 is 1.35 bits per heavy atom. The van der Waals surface area contributed by atoms with E-state index >= 15 is 0 Å². The molecule has 1 aliphatic heterocycles. The van der Waals surface area contributed by atoms with E-state index in [1.54, 1.807) is 19.1 Å². The average Bonchev–Trinajstić information content (AvgIpc) is 3.00. The molecule has 1 saturated heterocycles. The largest absolute Gasteiger partial charge is 0.504 e. The van der Waals surface area contributed by atoms with E-state index in [1.807, 2.05) is 18.2 Å². The highest BCUT2D eigenvalue weighted by atomic mass is 32.2. The number of hydrogen-bond donors (Lipinski definition) is 2. The van der Waals surface area contributed by atoms with Crippen molar-refractivity contribution in [3.63, 3.8) is 0 Å². The van der Waals surface area contributed by atoms with Crippen molar-refractivity contribution in [3.05, 3.63) is 42.2 Å². The first-order chi connectivity index (χ1) is 10.8. The maximum absolute atomic E-state index is 12.3. The third kappa shape index (κ3) is 3.21. The molecule has 23 heavy (non-hydrogen) atoms. The van der Waals surface area contributed by atoms with Gasteiger partial charge in [0.25, 0.3) is 5.91 Å². The highest BCUT2D eigenvalue weighted by Crippen LogP contribution is 2.25. The summed E-state index contributed by atoms with van der Waals surface area (Å²) in [5, 5.41) is 16.7. The highest BCUT2D eigenvalue weighted by Gasteiger charge is 2.40. The third-order valence-electron chi connectivity index (χ3n) is 3.85. The number of nitrogens with one attached hydrogen (secondary N) is 1. The number of aromatic nitrogens is 2. The smallest absolute Gasteiger partial charge is 0.276 e. The van der Waals surface area contributed by atoms with Gasteiger partial charge in [-0.15, -0.1) is 0 Å². The molecule has 3 rings (SSSR count). The molecule has 7 nitrogen and oxygen atoms in total. The van der Waals surface area contributed by atoms with Gasteiger partial charge >= 0.3 is 0 Å². The molecule has 2 heterocycles. The van der Waals surface area contributed by atoms with Gasteiger partial charge in [-0.1, -0.05) is 18.2 Å². The second kappa shape index (κ2) is 5.38. The minimum Gasteiger partial charge on any atom is -0.504 e. The molecule has 8 heteroatoms. The molecular formula is C15H17N3O4S. The summed E-state index contributed by atoms with van der Waals surface area (Å²) in [6, 6.07) is 9.07. The summed E-state index contributed by atoms with van der Waals surface area (Å²) in [7, 11) is -3.13. The zero-order valence-corrected chi connectivity index (χ0v) is 13.4. The van der Waals surface area contributed by atoms with Crippen molar-refractivity contribution < 1.29 is 18.3 Å². The first-order valence-electron chi connectivity index (χ1n) is 7.15. The topological polar surface area (TPSA) is 101 Å². The van der Waals surface area contributed by atoms with Gasteiger partial charge in [-0.05, 0) is 25.5 Å². The minimum absolute atomic E-state index is 0.0498. The summed E-state index contributed by atoms with van der Waals surface area (Å²) >= 11 is 0. The summed E-state index contributed by atoms with van der Waals surface area (Å²) in [5.41, 5.74) is -0.255. The molecule has 1 aromatic heterocycles. The Bertz CT molecular complexity index is 845. The molecule has 1 amide bonds. The summed E-state index contributed by atoms with van der Waals surface area (Å²) in [4.78, 5) is 12.3. The standard InChI is InChI=1S/C15H17N3O4S/c1-15(7-8-23(21,22)10-15)16-14(20)13-12(19)9-18(17-13)11-5-3-2-4-6-11/h2-6,9,19H,7-8,10H2,1H3,(H,16,20)/t15-/m0/s1. The number of benzene rings is 1. The Hall–Kier alpha value is -2.35. The molecule has 122 valence electrons. The van der Waals surface area contributed by atoms with Crippen molar-refractivity contribution in [3.8, 4) is 11.4 Å². The molecule has 0 bridgehead atoms. The van der Waals surface area contributed by atoms with Crippen LogP contribution in [0.15, 0.2) is 36.5 Å². The fraction of sp³-hybridized carbons (Fsp3) is 0.333. The molecule has 2 aromatic rings. The molecule has 0 saturated carbocycles. The number of nitrogens with zero attached hydrogens (tertiary/aromatic N) is 2. The van der Waals surface area contributed by atoms with E-state index in [-0.39, 0.29) is 22.9 Å². The van der Waals surface area contributed by atoms with Crippen LogP contribution in [0.25, 0.3) is 5.69 Å². The quantitative estimate of drug-likeness (QED) is 0.867. The zero-order chi connectivity index (χ0) is 16.7. The van der Waals surface area contributed by atoms with Crippen LogP contribution in [0.4, 0.5) is 0 Å². The second-order valence-electron chi connectivity index (χ2n) is 6.00. The first-order valence-corrected chi connectivity index (χ1v) is 8.97.